The Morgan fingerprint density at radius 2 is 1.77 bits per heavy atom. The summed E-state index contributed by atoms with van der Waals surface area (Å²) in [6.45, 7) is 6.96. The van der Waals surface area contributed by atoms with Gasteiger partial charge in [0.1, 0.15) is 6.04 Å². The van der Waals surface area contributed by atoms with Gasteiger partial charge in [0.15, 0.2) is 0 Å². The first-order chi connectivity index (χ1) is 14.4. The van der Waals surface area contributed by atoms with Crippen LogP contribution in [0.3, 0.4) is 0 Å². The Labute approximate surface area is 189 Å². The maximum Gasteiger partial charge on any atom is 0.242 e. The van der Waals surface area contributed by atoms with Crippen LogP contribution in [0, 0.1) is 6.92 Å². The minimum Gasteiger partial charge on any atom is -0.354 e. The van der Waals surface area contributed by atoms with Gasteiger partial charge in [0, 0.05) is 23.9 Å². The first-order valence-electron chi connectivity index (χ1n) is 10.4. The predicted molar refractivity (Wildman–Crippen MR) is 127 cm³/mol. The summed E-state index contributed by atoms with van der Waals surface area (Å²) in [5.74, 6) is 0.791. The van der Waals surface area contributed by atoms with Crippen LogP contribution in [-0.2, 0) is 21.9 Å². The highest BCUT2D eigenvalue weighted by molar-refractivity contribution is 7.99. The number of unbranched alkanes of at least 4 members (excludes halogenated alkanes) is 1. The highest BCUT2D eigenvalue weighted by Gasteiger charge is 2.26. The molecule has 6 heteroatoms. The second-order valence-corrected chi connectivity index (χ2v) is 8.75. The van der Waals surface area contributed by atoms with Gasteiger partial charge < -0.3 is 10.2 Å². The molecule has 1 atom stereocenters. The summed E-state index contributed by atoms with van der Waals surface area (Å²) in [5, 5.41) is 3.66. The summed E-state index contributed by atoms with van der Waals surface area (Å²) in [6.07, 6.45) is 1.94. The van der Waals surface area contributed by atoms with E-state index in [-0.39, 0.29) is 11.8 Å². The third kappa shape index (κ3) is 7.37. The Morgan fingerprint density at radius 3 is 2.43 bits per heavy atom. The molecule has 0 radical (unpaired) electrons. The van der Waals surface area contributed by atoms with E-state index in [1.165, 1.54) is 11.8 Å². The number of halogens is 1. The van der Waals surface area contributed by atoms with Gasteiger partial charge >= 0.3 is 0 Å². The molecule has 2 aromatic carbocycles. The van der Waals surface area contributed by atoms with E-state index in [2.05, 4.69) is 12.2 Å². The molecule has 0 saturated heterocycles. The van der Waals surface area contributed by atoms with Crippen LogP contribution in [0.4, 0.5) is 0 Å². The second kappa shape index (κ2) is 12.7. The Kier molecular flexibility index (Phi) is 10.2. The lowest BCUT2D eigenvalue weighted by Gasteiger charge is -2.29. The van der Waals surface area contributed by atoms with Crippen molar-refractivity contribution >= 4 is 35.2 Å². The second-order valence-electron chi connectivity index (χ2n) is 7.35. The minimum atomic E-state index is -0.533. The highest BCUT2D eigenvalue weighted by atomic mass is 35.5. The molecule has 0 heterocycles. The number of carbonyl (C=O) groups excluding carboxylic acids is 2. The van der Waals surface area contributed by atoms with Gasteiger partial charge in [0.05, 0.1) is 5.75 Å². The third-order valence-corrected chi connectivity index (χ3v) is 6.37. The van der Waals surface area contributed by atoms with Crippen molar-refractivity contribution < 1.29 is 9.59 Å². The van der Waals surface area contributed by atoms with Gasteiger partial charge in [-0.15, -0.1) is 11.8 Å². The average Bonchev–Trinajstić information content (AvgIpc) is 2.74. The molecule has 1 N–H and O–H groups in total. The Bertz CT molecular complexity index is 843. The molecule has 2 aromatic rings. The van der Waals surface area contributed by atoms with Crippen LogP contribution < -0.4 is 5.32 Å². The predicted octanol–water partition coefficient (Wildman–Crippen LogP) is 5.22. The molecule has 0 saturated carbocycles. The maximum atomic E-state index is 13.1. The Hall–Kier alpha value is -1.98. The van der Waals surface area contributed by atoms with E-state index in [4.69, 9.17) is 11.6 Å². The number of amides is 2. The van der Waals surface area contributed by atoms with Gasteiger partial charge in [-0.2, -0.15) is 0 Å². The smallest absolute Gasteiger partial charge is 0.242 e. The number of nitrogens with one attached hydrogen (secondary N) is 1. The van der Waals surface area contributed by atoms with Crippen molar-refractivity contribution in [1.82, 2.24) is 10.2 Å². The summed E-state index contributed by atoms with van der Waals surface area (Å²) < 4.78 is 0. The monoisotopic (exact) mass is 446 g/mol. The summed E-state index contributed by atoms with van der Waals surface area (Å²) in [4.78, 5) is 27.4. The van der Waals surface area contributed by atoms with Crippen molar-refractivity contribution in [2.24, 2.45) is 0 Å². The molecule has 162 valence electrons. The highest BCUT2D eigenvalue weighted by Crippen LogP contribution is 2.22. The van der Waals surface area contributed by atoms with Gasteiger partial charge in [-0.05, 0) is 43.0 Å². The fourth-order valence-corrected chi connectivity index (χ4v) is 4.23. The summed E-state index contributed by atoms with van der Waals surface area (Å²) in [6, 6.07) is 15.1. The van der Waals surface area contributed by atoms with Crippen LogP contribution in [-0.4, -0.2) is 35.1 Å². The van der Waals surface area contributed by atoms with Gasteiger partial charge in [-0.1, -0.05) is 67.4 Å². The molecule has 30 heavy (non-hydrogen) atoms. The summed E-state index contributed by atoms with van der Waals surface area (Å²) >= 11 is 7.73. The van der Waals surface area contributed by atoms with Gasteiger partial charge in [0.25, 0.3) is 0 Å². The van der Waals surface area contributed by atoms with Crippen molar-refractivity contribution in [3.8, 4) is 0 Å². The molecule has 4 nitrogen and oxygen atoms in total. The molecule has 0 unspecified atom stereocenters. The van der Waals surface area contributed by atoms with E-state index in [1.807, 2.05) is 55.5 Å². The lowest BCUT2D eigenvalue weighted by molar-refractivity contribution is -0.138. The maximum absolute atomic E-state index is 13.1. The fourth-order valence-electron chi connectivity index (χ4n) is 3.04. The average molecular weight is 447 g/mol. The minimum absolute atomic E-state index is 0.0477. The number of carbonyl (C=O) groups is 2. The van der Waals surface area contributed by atoms with Gasteiger partial charge in [0.2, 0.25) is 11.8 Å². The molecule has 2 rings (SSSR count). The van der Waals surface area contributed by atoms with Crippen LogP contribution in [0.15, 0.2) is 48.5 Å². The van der Waals surface area contributed by atoms with Crippen LogP contribution in [0.1, 0.15) is 43.4 Å². The van der Waals surface area contributed by atoms with E-state index >= 15 is 0 Å². The van der Waals surface area contributed by atoms with E-state index in [0.717, 1.165) is 29.5 Å². The molecule has 0 bridgehead atoms. The first kappa shape index (κ1) is 24.3. The molecule has 2 amide bonds. The number of rotatable bonds is 11. The van der Waals surface area contributed by atoms with Crippen molar-refractivity contribution in [2.45, 2.75) is 52.0 Å². The van der Waals surface area contributed by atoms with E-state index < -0.39 is 6.04 Å². The first-order valence-corrected chi connectivity index (χ1v) is 11.9. The number of nitrogens with zero attached hydrogens (tertiary/aromatic N) is 1. The van der Waals surface area contributed by atoms with E-state index in [9.17, 15) is 9.59 Å². The van der Waals surface area contributed by atoms with Crippen LogP contribution in [0.25, 0.3) is 0 Å². The standard InChI is InChI=1S/C24H31ClN2O2S/c1-4-5-14-26-24(29)19(3)27(15-20-11-7-6-10-18(20)2)23(28)17-30-16-21-12-8-9-13-22(21)25/h6-13,19H,4-5,14-17H2,1-3H3,(H,26,29)/t19-/m0/s1. The zero-order chi connectivity index (χ0) is 21.9. The largest absolute Gasteiger partial charge is 0.354 e. The van der Waals surface area contributed by atoms with Crippen molar-refractivity contribution in [2.75, 3.05) is 12.3 Å². The number of hydrogen-bond donors (Lipinski definition) is 1. The summed E-state index contributed by atoms with van der Waals surface area (Å²) in [7, 11) is 0. The molecule has 0 spiro atoms. The normalized spacial score (nSPS) is 11.7. The zero-order valence-electron chi connectivity index (χ0n) is 18.0. The molecule has 0 fully saturated rings. The van der Waals surface area contributed by atoms with E-state index in [1.54, 1.807) is 11.8 Å². The SMILES string of the molecule is CCCCNC(=O)[C@H](C)N(Cc1ccccc1C)C(=O)CSCc1ccccc1Cl. The molecule has 0 aliphatic heterocycles. The van der Waals surface area contributed by atoms with E-state index in [0.29, 0.717) is 29.6 Å². The number of hydrogen-bond acceptors (Lipinski definition) is 3. The quantitative estimate of drug-likeness (QED) is 0.481. The van der Waals surface area contributed by atoms with Crippen molar-refractivity contribution in [1.29, 1.82) is 0 Å². The topological polar surface area (TPSA) is 49.4 Å². The van der Waals surface area contributed by atoms with Gasteiger partial charge in [-0.25, -0.2) is 0 Å². The molecule has 0 aromatic heterocycles. The van der Waals surface area contributed by atoms with Crippen LogP contribution >= 0.6 is 23.4 Å². The van der Waals surface area contributed by atoms with Crippen molar-refractivity contribution in [3.63, 3.8) is 0 Å². The van der Waals surface area contributed by atoms with Crippen molar-refractivity contribution in [3.05, 3.63) is 70.2 Å². The van der Waals surface area contributed by atoms with Crippen LogP contribution in [0.2, 0.25) is 5.02 Å². The lowest BCUT2D eigenvalue weighted by Crippen LogP contribution is -2.48. The molecule has 0 aliphatic carbocycles. The number of aryl methyl sites for hydroxylation is 1. The fraction of sp³-hybridized carbons (Fsp3) is 0.417. The molecular weight excluding hydrogens is 416 g/mol. The number of benzene rings is 2. The Balaban J connectivity index is 2.07. The molecular formula is C24H31ClN2O2S. The lowest BCUT2D eigenvalue weighted by atomic mass is 10.1. The summed E-state index contributed by atoms with van der Waals surface area (Å²) in [5.41, 5.74) is 3.17. The third-order valence-electron chi connectivity index (χ3n) is 5.04. The number of thioether (sulfide) groups is 1. The molecule has 0 aliphatic rings. The Morgan fingerprint density at radius 1 is 1.10 bits per heavy atom. The van der Waals surface area contributed by atoms with Gasteiger partial charge in [-0.3, -0.25) is 9.59 Å². The van der Waals surface area contributed by atoms with Crippen LogP contribution in [0.5, 0.6) is 0 Å². The zero-order valence-corrected chi connectivity index (χ0v) is 19.6.